The lowest BCUT2D eigenvalue weighted by atomic mass is 9.99. The summed E-state index contributed by atoms with van der Waals surface area (Å²) in [7, 11) is 0. The fourth-order valence-corrected chi connectivity index (χ4v) is 1.58. The van der Waals surface area contributed by atoms with Crippen LogP contribution in [0.4, 0.5) is 0 Å². The zero-order valence-electron chi connectivity index (χ0n) is 13.2. The highest BCUT2D eigenvalue weighted by Crippen LogP contribution is 2.27. The molecule has 0 saturated carbocycles. The number of ether oxygens (including phenoxy) is 1. The largest absolute Gasteiger partial charge is 0.488 e. The van der Waals surface area contributed by atoms with Gasteiger partial charge in [0.25, 0.3) is 0 Å². The van der Waals surface area contributed by atoms with Gasteiger partial charge >= 0.3 is 0 Å². The van der Waals surface area contributed by atoms with E-state index in [0.29, 0.717) is 6.54 Å². The van der Waals surface area contributed by atoms with Gasteiger partial charge in [-0.05, 0) is 50.3 Å². The maximum Gasteiger partial charge on any atom is 0.116 e. The molecule has 0 aromatic carbocycles. The van der Waals surface area contributed by atoms with E-state index in [4.69, 9.17) is 10.5 Å². The highest BCUT2D eigenvalue weighted by Gasteiger charge is 2.22. The molecule has 0 unspecified atom stereocenters. The molecule has 0 fully saturated rings. The minimum Gasteiger partial charge on any atom is -0.488 e. The van der Waals surface area contributed by atoms with E-state index in [1.54, 1.807) is 6.08 Å². The summed E-state index contributed by atoms with van der Waals surface area (Å²) in [6.45, 7) is 18.7. The van der Waals surface area contributed by atoms with Crippen molar-refractivity contribution in [3.05, 3.63) is 47.8 Å². The Morgan fingerprint density at radius 2 is 1.79 bits per heavy atom. The molecule has 2 heteroatoms. The first-order valence-electron chi connectivity index (χ1n) is 6.92. The van der Waals surface area contributed by atoms with E-state index in [2.05, 4.69) is 33.9 Å². The number of rotatable bonds is 8. The van der Waals surface area contributed by atoms with Crippen molar-refractivity contribution in [3.63, 3.8) is 0 Å². The Balaban J connectivity index is 5.08. The number of allylic oxidation sites excluding steroid dienone is 3. The van der Waals surface area contributed by atoms with Crippen LogP contribution in [0.1, 0.15) is 47.5 Å². The minimum absolute atomic E-state index is 0.141. The number of hydrogen-bond acceptors (Lipinski definition) is 2. The first-order chi connectivity index (χ1) is 8.83. The first kappa shape index (κ1) is 17.7. The normalized spacial score (nSPS) is 13.9. The topological polar surface area (TPSA) is 35.2 Å². The second-order valence-corrected chi connectivity index (χ2v) is 5.12. The Morgan fingerprint density at radius 1 is 1.26 bits per heavy atom. The first-order valence-corrected chi connectivity index (χ1v) is 6.92. The molecule has 19 heavy (non-hydrogen) atoms. The molecule has 0 aliphatic carbocycles. The van der Waals surface area contributed by atoms with Crippen LogP contribution in [0.3, 0.4) is 0 Å². The van der Waals surface area contributed by atoms with Crippen LogP contribution in [0.15, 0.2) is 47.8 Å². The zero-order chi connectivity index (χ0) is 15.1. The van der Waals surface area contributed by atoms with Crippen LogP contribution in [0.2, 0.25) is 0 Å². The average molecular weight is 263 g/mol. The van der Waals surface area contributed by atoms with Gasteiger partial charge in [-0.15, -0.1) is 0 Å². The van der Waals surface area contributed by atoms with E-state index in [1.165, 1.54) is 0 Å². The number of nitrogens with two attached hydrogens (primary N) is 1. The predicted molar refractivity (Wildman–Crippen MR) is 84.9 cm³/mol. The molecule has 2 N–H and O–H groups in total. The fourth-order valence-electron chi connectivity index (χ4n) is 1.58. The van der Waals surface area contributed by atoms with Crippen molar-refractivity contribution in [2.45, 2.75) is 53.1 Å². The van der Waals surface area contributed by atoms with E-state index in [0.717, 1.165) is 35.3 Å². The minimum atomic E-state index is -0.141. The Hall–Kier alpha value is -1.28. The van der Waals surface area contributed by atoms with E-state index in [-0.39, 0.29) is 5.60 Å². The average Bonchev–Trinajstić information content (AvgIpc) is 2.43. The molecule has 2 nitrogen and oxygen atoms in total. The van der Waals surface area contributed by atoms with Gasteiger partial charge in [-0.25, -0.2) is 0 Å². The second-order valence-electron chi connectivity index (χ2n) is 5.12. The standard InChI is InChI=1S/C17H29NO/c1-8-16(12-18)11-13(4)14(5)15(6)19-17(7,9-2)10-3/h8,11H,1,6,9-10,12,18H2,2-5,7H3/b14-13+,16-11+. The molecule has 0 aromatic heterocycles. The monoisotopic (exact) mass is 263 g/mol. The summed E-state index contributed by atoms with van der Waals surface area (Å²) in [4.78, 5) is 0. The van der Waals surface area contributed by atoms with Crippen LogP contribution >= 0.6 is 0 Å². The van der Waals surface area contributed by atoms with Crippen molar-refractivity contribution in [1.82, 2.24) is 0 Å². The Morgan fingerprint density at radius 3 is 2.16 bits per heavy atom. The second kappa shape index (κ2) is 8.00. The van der Waals surface area contributed by atoms with Gasteiger partial charge < -0.3 is 10.5 Å². The number of hydrogen-bond donors (Lipinski definition) is 1. The van der Waals surface area contributed by atoms with E-state index >= 15 is 0 Å². The van der Waals surface area contributed by atoms with Crippen LogP contribution in [-0.2, 0) is 4.74 Å². The SMILES string of the molecule is C=C/C(=C\C(C)=C(/C)C(=C)OC(C)(CC)CC)CN. The highest BCUT2D eigenvalue weighted by atomic mass is 16.5. The molecule has 108 valence electrons. The molecule has 0 aromatic rings. The Bertz CT molecular complexity index is 384. The van der Waals surface area contributed by atoms with Gasteiger partial charge in [0.15, 0.2) is 0 Å². The molecular weight excluding hydrogens is 234 g/mol. The summed E-state index contributed by atoms with van der Waals surface area (Å²) in [5.41, 5.74) is 8.68. The van der Waals surface area contributed by atoms with Gasteiger partial charge in [-0.3, -0.25) is 0 Å². The summed E-state index contributed by atoms with van der Waals surface area (Å²) < 4.78 is 6.03. The van der Waals surface area contributed by atoms with E-state index in [1.807, 2.05) is 19.9 Å². The third-order valence-electron chi connectivity index (χ3n) is 3.77. The quantitative estimate of drug-likeness (QED) is 0.517. The highest BCUT2D eigenvalue weighted by molar-refractivity contribution is 5.37. The van der Waals surface area contributed by atoms with E-state index < -0.39 is 0 Å². The van der Waals surface area contributed by atoms with Crippen molar-refractivity contribution in [2.24, 2.45) is 5.73 Å². The van der Waals surface area contributed by atoms with Crippen LogP contribution in [0, 0.1) is 0 Å². The lowest BCUT2D eigenvalue weighted by Crippen LogP contribution is -2.26. The summed E-state index contributed by atoms with van der Waals surface area (Å²) in [6.07, 6.45) is 5.74. The van der Waals surface area contributed by atoms with Crippen LogP contribution < -0.4 is 5.73 Å². The molecular formula is C17H29NO. The summed E-state index contributed by atoms with van der Waals surface area (Å²) in [6, 6.07) is 0. The van der Waals surface area contributed by atoms with Gasteiger partial charge in [0.2, 0.25) is 0 Å². The molecule has 0 aliphatic rings. The van der Waals surface area contributed by atoms with Crippen molar-refractivity contribution < 1.29 is 4.74 Å². The van der Waals surface area contributed by atoms with Crippen molar-refractivity contribution >= 4 is 0 Å². The third-order valence-corrected chi connectivity index (χ3v) is 3.77. The third kappa shape index (κ3) is 5.48. The van der Waals surface area contributed by atoms with Gasteiger partial charge in [-0.1, -0.05) is 39.2 Å². The lowest BCUT2D eigenvalue weighted by Gasteiger charge is -2.30. The summed E-state index contributed by atoms with van der Waals surface area (Å²) in [5.74, 6) is 0.736. The molecule has 0 atom stereocenters. The van der Waals surface area contributed by atoms with Crippen LogP contribution in [0.5, 0.6) is 0 Å². The van der Waals surface area contributed by atoms with Crippen molar-refractivity contribution in [2.75, 3.05) is 6.54 Å². The molecule has 0 bridgehead atoms. The van der Waals surface area contributed by atoms with Gasteiger partial charge in [0, 0.05) is 6.54 Å². The molecule has 0 saturated heterocycles. The molecule has 0 heterocycles. The van der Waals surface area contributed by atoms with Gasteiger partial charge in [0.1, 0.15) is 11.4 Å². The van der Waals surface area contributed by atoms with Crippen LogP contribution in [0.25, 0.3) is 0 Å². The summed E-state index contributed by atoms with van der Waals surface area (Å²) in [5, 5.41) is 0. The molecule has 0 radical (unpaired) electrons. The fraction of sp³-hybridized carbons (Fsp3) is 0.529. The Labute approximate surface area is 118 Å². The zero-order valence-corrected chi connectivity index (χ0v) is 13.2. The van der Waals surface area contributed by atoms with Crippen molar-refractivity contribution in [1.29, 1.82) is 0 Å². The lowest BCUT2D eigenvalue weighted by molar-refractivity contribution is 0.0163. The summed E-state index contributed by atoms with van der Waals surface area (Å²) >= 11 is 0. The molecule has 0 aliphatic heterocycles. The van der Waals surface area contributed by atoms with Crippen LogP contribution in [-0.4, -0.2) is 12.1 Å². The molecule has 0 rings (SSSR count). The molecule has 0 amide bonds. The van der Waals surface area contributed by atoms with Crippen molar-refractivity contribution in [3.8, 4) is 0 Å². The predicted octanol–water partition coefficient (Wildman–Crippen LogP) is 4.50. The smallest absolute Gasteiger partial charge is 0.116 e. The van der Waals surface area contributed by atoms with E-state index in [9.17, 15) is 0 Å². The maximum atomic E-state index is 6.03. The maximum absolute atomic E-state index is 6.03. The molecule has 0 spiro atoms. The van der Waals surface area contributed by atoms with Gasteiger partial charge in [0.05, 0.1) is 0 Å². The Kier molecular flexibility index (Phi) is 7.47. The van der Waals surface area contributed by atoms with Gasteiger partial charge in [-0.2, -0.15) is 0 Å².